The van der Waals surface area contributed by atoms with E-state index in [9.17, 15) is 4.79 Å². The number of furan rings is 1. The van der Waals surface area contributed by atoms with Crippen LogP contribution >= 0.6 is 0 Å². The van der Waals surface area contributed by atoms with Crippen LogP contribution in [0.4, 0.5) is 5.69 Å². The standard InChI is InChI=1S/C16H20N2O3/c1-18(2)14-6-4-12(5-7-14)10-17-11-13-8-9-21-15(13)16(19)20-3/h4-9,17H,10-11H2,1-3H3. The molecule has 112 valence electrons. The van der Waals surface area contributed by atoms with Gasteiger partial charge < -0.3 is 19.4 Å². The number of hydrogen-bond acceptors (Lipinski definition) is 5. The van der Waals surface area contributed by atoms with Gasteiger partial charge in [-0.1, -0.05) is 12.1 Å². The lowest BCUT2D eigenvalue weighted by Gasteiger charge is -2.12. The van der Waals surface area contributed by atoms with Crippen molar-refractivity contribution in [1.29, 1.82) is 0 Å². The van der Waals surface area contributed by atoms with E-state index >= 15 is 0 Å². The number of esters is 1. The zero-order chi connectivity index (χ0) is 15.2. The number of rotatable bonds is 6. The van der Waals surface area contributed by atoms with Crippen LogP contribution in [0.2, 0.25) is 0 Å². The first-order valence-corrected chi connectivity index (χ1v) is 6.73. The van der Waals surface area contributed by atoms with E-state index in [0.717, 1.165) is 12.1 Å². The Balaban J connectivity index is 1.90. The Kier molecular flexibility index (Phi) is 5.00. The summed E-state index contributed by atoms with van der Waals surface area (Å²) in [7, 11) is 5.37. The van der Waals surface area contributed by atoms with Crippen LogP contribution in [0.5, 0.6) is 0 Å². The average molecular weight is 288 g/mol. The highest BCUT2D eigenvalue weighted by atomic mass is 16.5. The first kappa shape index (κ1) is 15.1. The van der Waals surface area contributed by atoms with Gasteiger partial charge in [-0.25, -0.2) is 4.79 Å². The summed E-state index contributed by atoms with van der Waals surface area (Å²) in [5.41, 5.74) is 3.15. The van der Waals surface area contributed by atoms with E-state index in [0.29, 0.717) is 6.54 Å². The minimum Gasteiger partial charge on any atom is -0.463 e. The van der Waals surface area contributed by atoms with Crippen LogP contribution in [0, 0.1) is 0 Å². The fourth-order valence-corrected chi connectivity index (χ4v) is 2.00. The van der Waals surface area contributed by atoms with Crippen molar-refractivity contribution in [1.82, 2.24) is 5.32 Å². The normalized spacial score (nSPS) is 10.4. The molecule has 2 aromatic rings. The molecule has 0 aliphatic heterocycles. The second kappa shape index (κ2) is 6.95. The smallest absolute Gasteiger partial charge is 0.374 e. The van der Waals surface area contributed by atoms with Crippen molar-refractivity contribution in [2.24, 2.45) is 0 Å². The number of carbonyl (C=O) groups excluding carboxylic acids is 1. The molecule has 0 atom stereocenters. The molecule has 0 bridgehead atoms. The van der Waals surface area contributed by atoms with E-state index in [4.69, 9.17) is 4.42 Å². The van der Waals surface area contributed by atoms with Crippen molar-refractivity contribution in [2.75, 3.05) is 26.1 Å². The lowest BCUT2D eigenvalue weighted by molar-refractivity contribution is 0.0563. The monoisotopic (exact) mass is 288 g/mol. The van der Waals surface area contributed by atoms with Gasteiger partial charge in [0, 0.05) is 38.4 Å². The predicted octanol–water partition coefficient (Wildman–Crippen LogP) is 2.42. The molecular weight excluding hydrogens is 268 g/mol. The third kappa shape index (κ3) is 3.86. The highest BCUT2D eigenvalue weighted by Crippen LogP contribution is 2.14. The zero-order valence-electron chi connectivity index (χ0n) is 12.6. The van der Waals surface area contributed by atoms with Crippen LogP contribution in [0.1, 0.15) is 21.7 Å². The molecule has 0 aliphatic carbocycles. The Bertz CT molecular complexity index is 588. The highest BCUT2D eigenvalue weighted by Gasteiger charge is 2.15. The lowest BCUT2D eigenvalue weighted by atomic mass is 10.2. The number of ether oxygens (including phenoxy) is 1. The Morgan fingerprint density at radius 3 is 2.52 bits per heavy atom. The van der Waals surface area contributed by atoms with Gasteiger partial charge in [0.05, 0.1) is 13.4 Å². The first-order chi connectivity index (χ1) is 10.1. The third-order valence-electron chi connectivity index (χ3n) is 3.21. The van der Waals surface area contributed by atoms with Crippen LogP contribution in [-0.4, -0.2) is 27.2 Å². The van der Waals surface area contributed by atoms with Crippen molar-refractivity contribution in [2.45, 2.75) is 13.1 Å². The van der Waals surface area contributed by atoms with Crippen LogP contribution in [0.15, 0.2) is 41.0 Å². The molecule has 1 heterocycles. The molecule has 0 unspecified atom stereocenters. The molecule has 5 nitrogen and oxygen atoms in total. The summed E-state index contributed by atoms with van der Waals surface area (Å²) < 4.78 is 9.81. The van der Waals surface area contributed by atoms with Gasteiger partial charge in [-0.15, -0.1) is 0 Å². The molecule has 0 radical (unpaired) electrons. The van der Waals surface area contributed by atoms with Crippen LogP contribution in [-0.2, 0) is 17.8 Å². The number of benzene rings is 1. The zero-order valence-corrected chi connectivity index (χ0v) is 12.6. The summed E-state index contributed by atoms with van der Waals surface area (Å²) >= 11 is 0. The van der Waals surface area contributed by atoms with Gasteiger partial charge in [0.25, 0.3) is 0 Å². The molecule has 0 saturated heterocycles. The summed E-state index contributed by atoms with van der Waals surface area (Å²) in [6.07, 6.45) is 1.50. The molecule has 1 N–H and O–H groups in total. The Morgan fingerprint density at radius 2 is 1.90 bits per heavy atom. The molecule has 5 heteroatoms. The number of carbonyl (C=O) groups is 1. The molecule has 21 heavy (non-hydrogen) atoms. The van der Waals surface area contributed by atoms with Gasteiger partial charge in [0.2, 0.25) is 5.76 Å². The van der Waals surface area contributed by atoms with E-state index in [2.05, 4.69) is 39.2 Å². The lowest BCUT2D eigenvalue weighted by Crippen LogP contribution is -2.15. The van der Waals surface area contributed by atoms with Gasteiger partial charge >= 0.3 is 5.97 Å². The largest absolute Gasteiger partial charge is 0.463 e. The molecule has 1 aromatic carbocycles. The highest BCUT2D eigenvalue weighted by molar-refractivity contribution is 5.87. The summed E-state index contributed by atoms with van der Waals surface area (Å²) in [5, 5.41) is 3.29. The molecule has 0 amide bonds. The van der Waals surface area contributed by atoms with Gasteiger partial charge in [-0.3, -0.25) is 0 Å². The molecule has 1 aromatic heterocycles. The van der Waals surface area contributed by atoms with E-state index in [1.807, 2.05) is 14.1 Å². The predicted molar refractivity (Wildman–Crippen MR) is 81.4 cm³/mol. The number of methoxy groups -OCH3 is 1. The van der Waals surface area contributed by atoms with Crippen molar-refractivity contribution >= 4 is 11.7 Å². The Hall–Kier alpha value is -2.27. The molecule has 0 fully saturated rings. The van der Waals surface area contributed by atoms with Gasteiger partial charge in [-0.2, -0.15) is 0 Å². The maximum Gasteiger partial charge on any atom is 0.374 e. The van der Waals surface area contributed by atoms with Crippen molar-refractivity contribution in [3.05, 3.63) is 53.5 Å². The summed E-state index contributed by atoms with van der Waals surface area (Å²) in [5.74, 6) is -0.194. The molecule has 0 aliphatic rings. The number of hydrogen-bond donors (Lipinski definition) is 1. The fourth-order valence-electron chi connectivity index (χ4n) is 2.00. The maximum absolute atomic E-state index is 11.5. The van der Waals surface area contributed by atoms with Crippen molar-refractivity contribution < 1.29 is 13.9 Å². The second-order valence-corrected chi connectivity index (χ2v) is 4.93. The van der Waals surface area contributed by atoms with Crippen LogP contribution < -0.4 is 10.2 Å². The van der Waals surface area contributed by atoms with E-state index in [1.165, 1.54) is 24.6 Å². The first-order valence-electron chi connectivity index (χ1n) is 6.73. The van der Waals surface area contributed by atoms with Crippen LogP contribution in [0.3, 0.4) is 0 Å². The third-order valence-corrected chi connectivity index (χ3v) is 3.21. The topological polar surface area (TPSA) is 54.7 Å². The average Bonchev–Trinajstić information content (AvgIpc) is 2.95. The van der Waals surface area contributed by atoms with Gasteiger partial charge in [-0.05, 0) is 23.8 Å². The van der Waals surface area contributed by atoms with Crippen molar-refractivity contribution in [3.8, 4) is 0 Å². The number of nitrogens with zero attached hydrogens (tertiary/aromatic N) is 1. The second-order valence-electron chi connectivity index (χ2n) is 4.93. The summed E-state index contributed by atoms with van der Waals surface area (Å²) in [4.78, 5) is 13.5. The van der Waals surface area contributed by atoms with Crippen molar-refractivity contribution in [3.63, 3.8) is 0 Å². The Morgan fingerprint density at radius 1 is 1.19 bits per heavy atom. The van der Waals surface area contributed by atoms with Gasteiger partial charge in [0.15, 0.2) is 0 Å². The number of anilines is 1. The quantitative estimate of drug-likeness (QED) is 0.827. The Labute approximate surface area is 124 Å². The summed E-state index contributed by atoms with van der Waals surface area (Å²) in [6.45, 7) is 1.27. The molecule has 0 spiro atoms. The van der Waals surface area contributed by atoms with E-state index in [-0.39, 0.29) is 5.76 Å². The van der Waals surface area contributed by atoms with E-state index in [1.54, 1.807) is 6.07 Å². The summed E-state index contributed by atoms with van der Waals surface area (Å²) in [6, 6.07) is 10.1. The minimum absolute atomic E-state index is 0.257. The minimum atomic E-state index is -0.452. The number of nitrogens with one attached hydrogen (secondary N) is 1. The molecule has 2 rings (SSSR count). The van der Waals surface area contributed by atoms with E-state index < -0.39 is 5.97 Å². The molecular formula is C16H20N2O3. The van der Waals surface area contributed by atoms with Gasteiger partial charge in [0.1, 0.15) is 0 Å². The SMILES string of the molecule is COC(=O)c1occc1CNCc1ccc(N(C)C)cc1. The fraction of sp³-hybridized carbons (Fsp3) is 0.312. The van der Waals surface area contributed by atoms with Crippen LogP contribution in [0.25, 0.3) is 0 Å². The molecule has 0 saturated carbocycles. The maximum atomic E-state index is 11.5.